The molecule has 0 saturated heterocycles. The number of benzene rings is 2. The first-order valence-corrected chi connectivity index (χ1v) is 6.40. The fourth-order valence-corrected chi connectivity index (χ4v) is 2.13. The van der Waals surface area contributed by atoms with E-state index in [1.54, 1.807) is 6.07 Å². The normalized spacial score (nSPS) is 9.86. The van der Waals surface area contributed by atoms with E-state index < -0.39 is 0 Å². The average Bonchev–Trinajstić information content (AvgIpc) is 2.91. The van der Waals surface area contributed by atoms with E-state index >= 15 is 0 Å². The number of hydrogen-bond acceptors (Lipinski definition) is 3. The maximum absolute atomic E-state index is 9.00. The lowest BCUT2D eigenvalue weighted by molar-refractivity contribution is 0.299. The van der Waals surface area contributed by atoms with Gasteiger partial charge in [0.1, 0.15) is 18.4 Å². The number of para-hydroxylation sites is 3. The number of rotatable bonds is 4. The molecular weight excluding hydrogens is 286 g/mol. The highest BCUT2D eigenvalue weighted by molar-refractivity contribution is 5.85. The first-order chi connectivity index (χ1) is 9.88. The summed E-state index contributed by atoms with van der Waals surface area (Å²) in [6.45, 7) is 1.19. The van der Waals surface area contributed by atoms with Gasteiger partial charge in [-0.25, -0.2) is 4.98 Å². The Hall–Kier alpha value is -2.51. The zero-order valence-corrected chi connectivity index (χ0v) is 12.1. The highest BCUT2D eigenvalue weighted by Crippen LogP contribution is 2.17. The van der Waals surface area contributed by atoms with Crippen LogP contribution in [0.2, 0.25) is 0 Å². The summed E-state index contributed by atoms with van der Waals surface area (Å²) in [6, 6.07) is 17.4. The van der Waals surface area contributed by atoms with Crippen LogP contribution in [0, 0.1) is 11.3 Å². The van der Waals surface area contributed by atoms with E-state index in [0.717, 1.165) is 11.0 Å². The van der Waals surface area contributed by atoms with Crippen LogP contribution in [-0.4, -0.2) is 16.2 Å². The van der Waals surface area contributed by atoms with Gasteiger partial charge in [0.25, 0.3) is 0 Å². The van der Waals surface area contributed by atoms with Crippen LogP contribution in [0.3, 0.4) is 0 Å². The summed E-state index contributed by atoms with van der Waals surface area (Å²) in [5.74, 6) is 0.624. The fourth-order valence-electron chi connectivity index (χ4n) is 2.13. The number of nitriles is 1. The molecule has 5 heteroatoms. The van der Waals surface area contributed by atoms with Crippen molar-refractivity contribution in [2.24, 2.45) is 0 Å². The Balaban J connectivity index is 0.00000161. The molecule has 0 bridgehead atoms. The summed E-state index contributed by atoms with van der Waals surface area (Å²) in [5, 5.41) is 9.00. The van der Waals surface area contributed by atoms with Crippen LogP contribution < -0.4 is 4.74 Å². The van der Waals surface area contributed by atoms with Crippen LogP contribution >= 0.6 is 12.4 Å². The highest BCUT2D eigenvalue weighted by atomic mass is 35.5. The van der Waals surface area contributed by atoms with Gasteiger partial charge in [0.15, 0.2) is 0 Å². The molecule has 0 amide bonds. The van der Waals surface area contributed by atoms with Crippen LogP contribution in [0.15, 0.2) is 54.9 Å². The molecule has 0 saturated carbocycles. The quantitative estimate of drug-likeness (QED) is 0.742. The first kappa shape index (κ1) is 14.9. The molecule has 0 aliphatic heterocycles. The molecule has 0 aliphatic rings. The average molecular weight is 300 g/mol. The van der Waals surface area contributed by atoms with E-state index in [9.17, 15) is 0 Å². The molecule has 0 N–H and O–H groups in total. The molecule has 106 valence electrons. The number of fused-ring (bicyclic) bond motifs is 1. The van der Waals surface area contributed by atoms with Gasteiger partial charge in [-0.3, -0.25) is 0 Å². The van der Waals surface area contributed by atoms with Gasteiger partial charge in [0.2, 0.25) is 0 Å². The maximum Gasteiger partial charge on any atom is 0.137 e. The molecule has 0 fully saturated rings. The summed E-state index contributed by atoms with van der Waals surface area (Å²) < 4.78 is 7.73. The van der Waals surface area contributed by atoms with Crippen LogP contribution in [0.4, 0.5) is 0 Å². The zero-order valence-electron chi connectivity index (χ0n) is 11.3. The molecule has 1 aromatic heterocycles. The number of hydrogen-bond donors (Lipinski definition) is 0. The third-order valence-corrected chi connectivity index (χ3v) is 3.12. The summed E-state index contributed by atoms with van der Waals surface area (Å²) in [4.78, 5) is 4.33. The van der Waals surface area contributed by atoms with Gasteiger partial charge in [-0.2, -0.15) is 5.26 Å². The predicted octanol–water partition coefficient (Wildman–Crippen LogP) is 3.41. The lowest BCUT2D eigenvalue weighted by Gasteiger charge is -2.08. The van der Waals surface area contributed by atoms with Gasteiger partial charge in [0, 0.05) is 0 Å². The molecule has 3 rings (SSSR count). The topological polar surface area (TPSA) is 50.8 Å². The van der Waals surface area contributed by atoms with Crippen LogP contribution in [-0.2, 0) is 6.54 Å². The van der Waals surface area contributed by atoms with Crippen molar-refractivity contribution in [3.8, 4) is 11.8 Å². The highest BCUT2D eigenvalue weighted by Gasteiger charge is 2.03. The van der Waals surface area contributed by atoms with Crippen molar-refractivity contribution in [1.82, 2.24) is 9.55 Å². The molecule has 0 radical (unpaired) electrons. The monoisotopic (exact) mass is 299 g/mol. The Kier molecular flexibility index (Phi) is 4.81. The van der Waals surface area contributed by atoms with Crippen molar-refractivity contribution in [2.45, 2.75) is 6.54 Å². The zero-order chi connectivity index (χ0) is 13.8. The lowest BCUT2D eigenvalue weighted by Crippen LogP contribution is -2.07. The smallest absolute Gasteiger partial charge is 0.137 e. The summed E-state index contributed by atoms with van der Waals surface area (Å²) in [6.07, 6.45) is 1.81. The minimum atomic E-state index is 0. The third-order valence-electron chi connectivity index (χ3n) is 3.12. The van der Waals surface area contributed by atoms with Gasteiger partial charge in [-0.05, 0) is 24.3 Å². The minimum absolute atomic E-state index is 0. The van der Waals surface area contributed by atoms with Gasteiger partial charge >= 0.3 is 0 Å². The van der Waals surface area contributed by atoms with Crippen LogP contribution in [0.5, 0.6) is 5.75 Å². The molecule has 4 nitrogen and oxygen atoms in total. The maximum atomic E-state index is 9.00. The van der Waals surface area contributed by atoms with Crippen molar-refractivity contribution in [3.05, 3.63) is 60.4 Å². The Bertz CT molecular complexity index is 776. The molecular formula is C16H14ClN3O. The molecule has 21 heavy (non-hydrogen) atoms. The second-order valence-electron chi connectivity index (χ2n) is 4.38. The predicted molar refractivity (Wildman–Crippen MR) is 83.6 cm³/mol. The fraction of sp³-hybridized carbons (Fsp3) is 0.125. The standard InChI is InChI=1S/C16H13N3O.ClH/c17-11-13-5-1-4-8-16(13)20-10-9-19-12-18-14-6-2-3-7-15(14)19;/h1-8,12H,9-10H2;1H. The Morgan fingerprint density at radius 3 is 2.71 bits per heavy atom. The van der Waals surface area contributed by atoms with E-state index in [-0.39, 0.29) is 12.4 Å². The molecule has 0 atom stereocenters. The molecule has 0 unspecified atom stereocenters. The van der Waals surface area contributed by atoms with E-state index in [0.29, 0.717) is 24.5 Å². The SMILES string of the molecule is Cl.N#Cc1ccccc1OCCn1cnc2ccccc21. The van der Waals surface area contributed by atoms with Crippen molar-refractivity contribution < 1.29 is 4.74 Å². The van der Waals surface area contributed by atoms with Crippen molar-refractivity contribution in [1.29, 1.82) is 5.26 Å². The minimum Gasteiger partial charge on any atom is -0.490 e. The summed E-state index contributed by atoms with van der Waals surface area (Å²) in [5.41, 5.74) is 2.62. The van der Waals surface area contributed by atoms with Gasteiger partial charge in [-0.15, -0.1) is 12.4 Å². The first-order valence-electron chi connectivity index (χ1n) is 6.40. The van der Waals surface area contributed by atoms with Crippen molar-refractivity contribution >= 4 is 23.4 Å². The van der Waals surface area contributed by atoms with Crippen LogP contribution in [0.1, 0.15) is 5.56 Å². The lowest BCUT2D eigenvalue weighted by atomic mass is 10.2. The molecule has 2 aromatic carbocycles. The second-order valence-corrected chi connectivity index (χ2v) is 4.38. The van der Waals surface area contributed by atoms with Crippen molar-refractivity contribution in [3.63, 3.8) is 0 Å². The van der Waals surface area contributed by atoms with E-state index in [2.05, 4.69) is 11.1 Å². The summed E-state index contributed by atoms with van der Waals surface area (Å²) in [7, 11) is 0. The van der Waals surface area contributed by atoms with Gasteiger partial charge in [0.05, 0.1) is 29.5 Å². The number of imidazole rings is 1. The molecule has 1 heterocycles. The van der Waals surface area contributed by atoms with Gasteiger partial charge < -0.3 is 9.30 Å². The number of ether oxygens (including phenoxy) is 1. The molecule has 0 aliphatic carbocycles. The Morgan fingerprint density at radius 1 is 1.10 bits per heavy atom. The molecule has 0 spiro atoms. The van der Waals surface area contributed by atoms with Gasteiger partial charge in [-0.1, -0.05) is 24.3 Å². The number of aromatic nitrogens is 2. The summed E-state index contributed by atoms with van der Waals surface area (Å²) >= 11 is 0. The Labute approximate surface area is 129 Å². The second kappa shape index (κ2) is 6.78. The molecule has 3 aromatic rings. The van der Waals surface area contributed by atoms with Crippen LogP contribution in [0.25, 0.3) is 11.0 Å². The number of halogens is 1. The largest absolute Gasteiger partial charge is 0.490 e. The number of nitrogens with zero attached hydrogens (tertiary/aromatic N) is 3. The van der Waals surface area contributed by atoms with E-state index in [1.807, 2.05) is 53.4 Å². The third kappa shape index (κ3) is 3.15. The van der Waals surface area contributed by atoms with Crippen molar-refractivity contribution in [2.75, 3.05) is 6.61 Å². The van der Waals surface area contributed by atoms with E-state index in [1.165, 1.54) is 0 Å². The Morgan fingerprint density at radius 2 is 1.86 bits per heavy atom. The van der Waals surface area contributed by atoms with E-state index in [4.69, 9.17) is 10.00 Å².